The Labute approximate surface area is 169 Å². The molecule has 0 atom stereocenters. The molecule has 1 amide bonds. The van der Waals surface area contributed by atoms with Gasteiger partial charge in [0.25, 0.3) is 15.9 Å². The molecule has 0 fully saturated rings. The number of hydrogen-bond acceptors (Lipinski definition) is 3. The molecule has 0 spiro atoms. The maximum absolute atomic E-state index is 13.8. The Morgan fingerprint density at radius 1 is 0.833 bits per heavy atom. The van der Waals surface area contributed by atoms with Crippen molar-refractivity contribution in [3.8, 4) is 0 Å². The lowest BCUT2D eigenvalue weighted by atomic mass is 10.1. The number of carbonyl (C=O) groups excluding carboxylic acids is 1. The summed E-state index contributed by atoms with van der Waals surface area (Å²) in [6.45, 7) is 1.51. The van der Waals surface area contributed by atoms with Crippen molar-refractivity contribution >= 4 is 27.3 Å². The first-order valence-corrected chi connectivity index (χ1v) is 9.90. The monoisotopic (exact) mass is 438 g/mol. The Bertz CT molecular complexity index is 1230. The van der Waals surface area contributed by atoms with Crippen molar-refractivity contribution < 1.29 is 30.8 Å². The van der Waals surface area contributed by atoms with E-state index < -0.39 is 44.9 Å². The molecule has 0 aliphatic heterocycles. The predicted molar refractivity (Wildman–Crippen MR) is 103 cm³/mol. The van der Waals surface area contributed by atoms with Crippen molar-refractivity contribution in [2.45, 2.75) is 11.8 Å². The van der Waals surface area contributed by atoms with E-state index in [1.807, 2.05) is 0 Å². The number of sulfonamides is 1. The largest absolute Gasteiger partial charge is 0.319 e. The Morgan fingerprint density at radius 3 is 2.13 bits per heavy atom. The maximum atomic E-state index is 13.8. The van der Waals surface area contributed by atoms with Crippen LogP contribution >= 0.6 is 0 Å². The van der Waals surface area contributed by atoms with Gasteiger partial charge >= 0.3 is 0 Å². The third-order valence-electron chi connectivity index (χ3n) is 4.12. The fraction of sp³-hybridized carbons (Fsp3) is 0.0500. The lowest BCUT2D eigenvalue weighted by Gasteiger charge is -2.12. The summed E-state index contributed by atoms with van der Waals surface area (Å²) < 4.78 is 80.6. The second kappa shape index (κ2) is 8.15. The normalized spacial score (nSPS) is 11.2. The molecular weight excluding hydrogens is 424 g/mol. The molecule has 0 aliphatic carbocycles. The van der Waals surface area contributed by atoms with Gasteiger partial charge in [-0.1, -0.05) is 6.07 Å². The highest BCUT2D eigenvalue weighted by Gasteiger charge is 2.20. The average Bonchev–Trinajstić information content (AvgIpc) is 2.68. The molecule has 0 aliphatic rings. The number of anilines is 2. The van der Waals surface area contributed by atoms with Gasteiger partial charge in [0.15, 0.2) is 11.6 Å². The number of aryl methyl sites for hydroxylation is 1. The molecule has 0 saturated heterocycles. The van der Waals surface area contributed by atoms with Crippen LogP contribution in [-0.4, -0.2) is 14.3 Å². The second-order valence-corrected chi connectivity index (χ2v) is 7.97. The van der Waals surface area contributed by atoms with Crippen LogP contribution in [0.2, 0.25) is 0 Å². The first-order chi connectivity index (χ1) is 14.1. The molecule has 0 saturated carbocycles. The minimum Gasteiger partial charge on any atom is -0.319 e. The number of rotatable bonds is 5. The minimum absolute atomic E-state index is 0.104. The smallest absolute Gasteiger partial charge is 0.261 e. The van der Waals surface area contributed by atoms with Crippen LogP contribution in [0.5, 0.6) is 0 Å². The molecule has 2 N–H and O–H groups in total. The van der Waals surface area contributed by atoms with Gasteiger partial charge in [-0.25, -0.2) is 26.0 Å². The summed E-state index contributed by atoms with van der Waals surface area (Å²) in [6.07, 6.45) is 0. The molecule has 5 nitrogen and oxygen atoms in total. The second-order valence-electron chi connectivity index (χ2n) is 6.29. The molecule has 3 aromatic carbocycles. The molecule has 156 valence electrons. The van der Waals surface area contributed by atoms with Crippen LogP contribution in [0.25, 0.3) is 0 Å². The lowest BCUT2D eigenvalue weighted by Crippen LogP contribution is -2.17. The Hall–Kier alpha value is -3.40. The van der Waals surface area contributed by atoms with E-state index in [0.29, 0.717) is 11.6 Å². The van der Waals surface area contributed by atoms with Crippen molar-refractivity contribution in [1.82, 2.24) is 0 Å². The number of halogens is 4. The van der Waals surface area contributed by atoms with E-state index in [0.717, 1.165) is 18.2 Å². The number of benzene rings is 3. The van der Waals surface area contributed by atoms with Crippen LogP contribution < -0.4 is 10.0 Å². The number of nitrogens with one attached hydrogen (secondary N) is 2. The van der Waals surface area contributed by atoms with Gasteiger partial charge in [0.05, 0.1) is 10.6 Å². The van der Waals surface area contributed by atoms with Gasteiger partial charge in [-0.2, -0.15) is 0 Å². The molecule has 0 radical (unpaired) electrons. The highest BCUT2D eigenvalue weighted by molar-refractivity contribution is 7.92. The van der Waals surface area contributed by atoms with Crippen LogP contribution in [0.3, 0.4) is 0 Å². The third-order valence-corrected chi connectivity index (χ3v) is 5.50. The van der Waals surface area contributed by atoms with Gasteiger partial charge in [-0.05, 0) is 48.9 Å². The molecule has 0 heterocycles. The molecule has 3 aromatic rings. The number of hydrogen-bond donors (Lipinski definition) is 2. The van der Waals surface area contributed by atoms with Crippen LogP contribution in [0.15, 0.2) is 59.5 Å². The van der Waals surface area contributed by atoms with E-state index >= 15 is 0 Å². The summed E-state index contributed by atoms with van der Waals surface area (Å²) in [5, 5.41) is 2.09. The fourth-order valence-electron chi connectivity index (χ4n) is 2.55. The molecule has 0 aromatic heterocycles. The average molecular weight is 438 g/mol. The predicted octanol–water partition coefficient (Wildman–Crippen LogP) is 4.60. The topological polar surface area (TPSA) is 75.3 Å². The van der Waals surface area contributed by atoms with Gasteiger partial charge in [-0.15, -0.1) is 0 Å². The Kier molecular flexibility index (Phi) is 5.79. The third kappa shape index (κ3) is 4.60. The van der Waals surface area contributed by atoms with Crippen molar-refractivity contribution in [2.75, 3.05) is 10.0 Å². The van der Waals surface area contributed by atoms with E-state index in [9.17, 15) is 30.8 Å². The van der Waals surface area contributed by atoms with Crippen LogP contribution in [0.4, 0.5) is 28.9 Å². The summed E-state index contributed by atoms with van der Waals surface area (Å²) in [6, 6.07) is 9.01. The van der Waals surface area contributed by atoms with Crippen LogP contribution in [0.1, 0.15) is 15.9 Å². The first-order valence-electron chi connectivity index (χ1n) is 8.42. The van der Waals surface area contributed by atoms with Crippen molar-refractivity contribution in [3.63, 3.8) is 0 Å². The van der Waals surface area contributed by atoms with Crippen molar-refractivity contribution in [3.05, 3.63) is 89.0 Å². The maximum Gasteiger partial charge on any atom is 0.261 e. The molecule has 10 heteroatoms. The van der Waals surface area contributed by atoms with Crippen molar-refractivity contribution in [1.29, 1.82) is 0 Å². The Balaban J connectivity index is 1.90. The standard InChI is InChI=1S/C20H14F4N2O3S/c1-11-2-7-14(30(28,29)26-13-5-3-12(21)4-6-13)8-15(11)20(27)25-19-10-17(23)16(22)9-18(19)24/h2-10,26H,1H3,(H,25,27). The number of carbonyl (C=O) groups is 1. The van der Waals surface area contributed by atoms with Gasteiger partial charge in [0.1, 0.15) is 11.6 Å². The van der Waals surface area contributed by atoms with Gasteiger partial charge < -0.3 is 5.32 Å². The summed E-state index contributed by atoms with van der Waals surface area (Å²) >= 11 is 0. The van der Waals surface area contributed by atoms with Crippen LogP contribution in [0, 0.1) is 30.2 Å². The van der Waals surface area contributed by atoms with Gasteiger partial charge in [-0.3, -0.25) is 9.52 Å². The highest BCUT2D eigenvalue weighted by Crippen LogP contribution is 2.23. The Morgan fingerprint density at radius 2 is 1.47 bits per heavy atom. The van der Waals surface area contributed by atoms with E-state index in [1.165, 1.54) is 31.2 Å². The molecule has 0 bridgehead atoms. The van der Waals surface area contributed by atoms with E-state index in [4.69, 9.17) is 0 Å². The zero-order valence-corrected chi connectivity index (χ0v) is 16.2. The van der Waals surface area contributed by atoms with Crippen LogP contribution in [-0.2, 0) is 10.0 Å². The zero-order valence-electron chi connectivity index (χ0n) is 15.3. The van der Waals surface area contributed by atoms with E-state index in [1.54, 1.807) is 0 Å². The summed E-state index contributed by atoms with van der Waals surface area (Å²) in [5.41, 5.74) is -0.264. The molecule has 0 unspecified atom stereocenters. The highest BCUT2D eigenvalue weighted by atomic mass is 32.2. The molecular formula is C20H14F4N2O3S. The van der Waals surface area contributed by atoms with E-state index in [-0.39, 0.29) is 22.2 Å². The lowest BCUT2D eigenvalue weighted by molar-refractivity contribution is 0.102. The van der Waals surface area contributed by atoms with E-state index in [2.05, 4.69) is 10.0 Å². The van der Waals surface area contributed by atoms with Crippen molar-refractivity contribution in [2.24, 2.45) is 0 Å². The molecule has 30 heavy (non-hydrogen) atoms. The minimum atomic E-state index is -4.13. The summed E-state index contributed by atoms with van der Waals surface area (Å²) in [5.74, 6) is -5.43. The first kappa shape index (κ1) is 21.3. The summed E-state index contributed by atoms with van der Waals surface area (Å²) in [4.78, 5) is 12.2. The summed E-state index contributed by atoms with van der Waals surface area (Å²) in [7, 11) is -4.13. The van der Waals surface area contributed by atoms with Gasteiger partial charge in [0.2, 0.25) is 0 Å². The molecule has 3 rings (SSSR count). The quantitative estimate of drug-likeness (QED) is 0.452. The number of amides is 1. The zero-order chi connectivity index (χ0) is 22.1. The fourth-order valence-corrected chi connectivity index (χ4v) is 3.64. The SMILES string of the molecule is Cc1ccc(S(=O)(=O)Nc2ccc(F)cc2)cc1C(=O)Nc1cc(F)c(F)cc1F. The van der Waals surface area contributed by atoms with Gasteiger partial charge in [0, 0.05) is 23.4 Å².